The van der Waals surface area contributed by atoms with E-state index in [-0.39, 0.29) is 16.2 Å². The number of benzene rings is 2. The Balaban J connectivity index is 2.36. The van der Waals surface area contributed by atoms with Crippen molar-refractivity contribution in [3.63, 3.8) is 0 Å². The van der Waals surface area contributed by atoms with Gasteiger partial charge < -0.3 is 10.1 Å². The molecule has 0 spiro atoms. The average Bonchev–Trinajstić information content (AvgIpc) is 2.67. The van der Waals surface area contributed by atoms with Gasteiger partial charge in [0.1, 0.15) is 10.6 Å². The molecule has 1 N–H and O–H groups in total. The highest BCUT2D eigenvalue weighted by Gasteiger charge is 2.27. The van der Waals surface area contributed by atoms with Gasteiger partial charge in [0, 0.05) is 28.7 Å². The van der Waals surface area contributed by atoms with Gasteiger partial charge in [0.15, 0.2) is 0 Å². The van der Waals surface area contributed by atoms with Crippen molar-refractivity contribution >= 4 is 39.1 Å². The first kappa shape index (κ1) is 23.5. The van der Waals surface area contributed by atoms with Crippen molar-refractivity contribution in [3.05, 3.63) is 57.6 Å². The predicted octanol–water partition coefficient (Wildman–Crippen LogP) is 4.52. The summed E-state index contributed by atoms with van der Waals surface area (Å²) in [5.74, 6) is -0.246. The molecule has 1 amide bonds. The molecule has 1 atom stereocenters. The third-order valence-electron chi connectivity index (χ3n) is 4.53. The van der Waals surface area contributed by atoms with Crippen molar-refractivity contribution in [2.75, 3.05) is 20.2 Å². The standard InChI is InChI=1S/C20H24Cl2N2O4S/c1-5-24(6-2)29(26,27)19-11-14(7-10-18(19)28-4)20(25)23-13(3)16-9-8-15(21)12-17(16)22/h7-13H,5-6H2,1-4H3,(H,23,25). The van der Waals surface area contributed by atoms with Crippen LogP contribution in [0.1, 0.15) is 42.7 Å². The molecule has 0 fully saturated rings. The van der Waals surface area contributed by atoms with Gasteiger partial charge in [0.05, 0.1) is 13.2 Å². The number of carbonyl (C=O) groups excluding carboxylic acids is 1. The van der Waals surface area contributed by atoms with E-state index >= 15 is 0 Å². The van der Waals surface area contributed by atoms with E-state index in [9.17, 15) is 13.2 Å². The first-order chi connectivity index (χ1) is 13.6. The molecule has 1 unspecified atom stereocenters. The minimum atomic E-state index is -3.80. The van der Waals surface area contributed by atoms with Gasteiger partial charge in [-0.3, -0.25) is 4.79 Å². The summed E-state index contributed by atoms with van der Waals surface area (Å²) < 4.78 is 32.4. The highest BCUT2D eigenvalue weighted by atomic mass is 35.5. The van der Waals surface area contributed by atoms with Gasteiger partial charge in [-0.25, -0.2) is 8.42 Å². The molecule has 0 aliphatic rings. The van der Waals surface area contributed by atoms with Gasteiger partial charge in [-0.15, -0.1) is 0 Å². The number of amides is 1. The maximum atomic E-state index is 13.0. The van der Waals surface area contributed by atoms with E-state index in [0.717, 1.165) is 0 Å². The van der Waals surface area contributed by atoms with Gasteiger partial charge in [-0.1, -0.05) is 43.1 Å². The molecule has 0 aliphatic heterocycles. The van der Waals surface area contributed by atoms with Crippen LogP contribution in [0.4, 0.5) is 0 Å². The molecule has 9 heteroatoms. The maximum Gasteiger partial charge on any atom is 0.251 e. The number of nitrogens with zero attached hydrogens (tertiary/aromatic N) is 1. The van der Waals surface area contributed by atoms with Crippen LogP contribution in [-0.2, 0) is 10.0 Å². The van der Waals surface area contributed by atoms with Crippen molar-refractivity contribution in [2.45, 2.75) is 31.7 Å². The Bertz CT molecular complexity index is 992. The zero-order valence-corrected chi connectivity index (χ0v) is 19.0. The Labute approximate surface area is 181 Å². The quantitative estimate of drug-likeness (QED) is 0.630. The fourth-order valence-corrected chi connectivity index (χ4v) is 5.14. The Morgan fingerprint density at radius 3 is 2.34 bits per heavy atom. The monoisotopic (exact) mass is 458 g/mol. The molecule has 0 saturated heterocycles. The molecule has 2 rings (SSSR count). The average molecular weight is 459 g/mol. The largest absolute Gasteiger partial charge is 0.495 e. The van der Waals surface area contributed by atoms with Crippen molar-refractivity contribution < 1.29 is 17.9 Å². The van der Waals surface area contributed by atoms with Crippen LogP contribution in [0.3, 0.4) is 0 Å². The van der Waals surface area contributed by atoms with E-state index in [2.05, 4.69) is 5.32 Å². The van der Waals surface area contributed by atoms with Crippen LogP contribution in [-0.4, -0.2) is 38.8 Å². The lowest BCUT2D eigenvalue weighted by molar-refractivity contribution is 0.0939. The molecule has 6 nitrogen and oxygen atoms in total. The second kappa shape index (κ2) is 9.80. The Morgan fingerprint density at radius 2 is 1.79 bits per heavy atom. The second-order valence-corrected chi connectivity index (χ2v) is 9.07. The SMILES string of the molecule is CCN(CC)S(=O)(=O)c1cc(C(=O)NC(C)c2ccc(Cl)cc2Cl)ccc1OC. The number of rotatable bonds is 8. The zero-order chi connectivity index (χ0) is 21.8. The second-order valence-electron chi connectivity index (χ2n) is 6.32. The van der Waals surface area contributed by atoms with Crippen molar-refractivity contribution in [1.82, 2.24) is 9.62 Å². The molecule has 0 aromatic heterocycles. The molecule has 2 aromatic rings. The minimum absolute atomic E-state index is 0.0477. The van der Waals surface area contributed by atoms with Gasteiger partial charge in [-0.05, 0) is 42.8 Å². The lowest BCUT2D eigenvalue weighted by Crippen LogP contribution is -2.31. The fraction of sp³-hybridized carbons (Fsp3) is 0.350. The minimum Gasteiger partial charge on any atom is -0.495 e. The highest BCUT2D eigenvalue weighted by Crippen LogP contribution is 2.29. The van der Waals surface area contributed by atoms with Crippen LogP contribution in [0.25, 0.3) is 0 Å². The molecule has 0 saturated carbocycles. The summed E-state index contributed by atoms with van der Waals surface area (Å²) in [5.41, 5.74) is 0.905. The van der Waals surface area contributed by atoms with Crippen LogP contribution in [0.5, 0.6) is 5.75 Å². The van der Waals surface area contributed by atoms with Crippen LogP contribution in [0.2, 0.25) is 10.0 Å². The molecule has 0 bridgehead atoms. The topological polar surface area (TPSA) is 75.7 Å². The number of halogens is 2. The summed E-state index contributed by atoms with van der Waals surface area (Å²) in [4.78, 5) is 12.7. The number of nitrogens with one attached hydrogen (secondary N) is 1. The van der Waals surface area contributed by atoms with E-state index < -0.39 is 22.0 Å². The molecule has 2 aromatic carbocycles. The number of carbonyl (C=O) groups is 1. The van der Waals surface area contributed by atoms with Crippen molar-refractivity contribution in [1.29, 1.82) is 0 Å². The first-order valence-electron chi connectivity index (χ1n) is 9.09. The van der Waals surface area contributed by atoms with E-state index in [1.807, 2.05) is 0 Å². The van der Waals surface area contributed by atoms with Crippen LogP contribution >= 0.6 is 23.2 Å². The Hall–Kier alpha value is -1.80. The van der Waals surface area contributed by atoms with Gasteiger partial charge in [0.25, 0.3) is 5.91 Å². The molecule has 158 valence electrons. The number of sulfonamides is 1. The summed E-state index contributed by atoms with van der Waals surface area (Å²) in [6.07, 6.45) is 0. The number of methoxy groups -OCH3 is 1. The van der Waals surface area contributed by atoms with Crippen molar-refractivity contribution in [3.8, 4) is 5.75 Å². The Morgan fingerprint density at radius 1 is 1.14 bits per heavy atom. The van der Waals surface area contributed by atoms with Crippen LogP contribution < -0.4 is 10.1 Å². The highest BCUT2D eigenvalue weighted by molar-refractivity contribution is 7.89. The molecule has 0 aliphatic carbocycles. The summed E-state index contributed by atoms with van der Waals surface area (Å²) in [6.45, 7) is 5.91. The smallest absolute Gasteiger partial charge is 0.251 e. The molecule has 29 heavy (non-hydrogen) atoms. The zero-order valence-electron chi connectivity index (χ0n) is 16.7. The van der Waals surface area contributed by atoms with E-state index in [4.69, 9.17) is 27.9 Å². The molecule has 0 radical (unpaired) electrons. The molecular formula is C20H24Cl2N2O4S. The number of hydrogen-bond donors (Lipinski definition) is 1. The van der Waals surface area contributed by atoms with E-state index in [1.54, 1.807) is 39.0 Å². The van der Waals surface area contributed by atoms with E-state index in [0.29, 0.717) is 28.7 Å². The summed E-state index contributed by atoms with van der Waals surface area (Å²) in [7, 11) is -2.41. The summed E-state index contributed by atoms with van der Waals surface area (Å²) in [6, 6.07) is 8.95. The molecule has 0 heterocycles. The lowest BCUT2D eigenvalue weighted by atomic mass is 10.1. The Kier molecular flexibility index (Phi) is 7.94. The lowest BCUT2D eigenvalue weighted by Gasteiger charge is -2.21. The van der Waals surface area contributed by atoms with E-state index in [1.165, 1.54) is 29.6 Å². The van der Waals surface area contributed by atoms with Gasteiger partial charge in [0.2, 0.25) is 10.0 Å². The molecular weight excluding hydrogens is 435 g/mol. The van der Waals surface area contributed by atoms with Gasteiger partial charge >= 0.3 is 0 Å². The third-order valence-corrected chi connectivity index (χ3v) is 7.16. The third kappa shape index (κ3) is 5.22. The fourth-order valence-electron chi connectivity index (χ4n) is 2.93. The number of ether oxygens (including phenoxy) is 1. The number of hydrogen-bond acceptors (Lipinski definition) is 4. The van der Waals surface area contributed by atoms with Crippen molar-refractivity contribution in [2.24, 2.45) is 0 Å². The van der Waals surface area contributed by atoms with Crippen LogP contribution in [0, 0.1) is 0 Å². The first-order valence-corrected chi connectivity index (χ1v) is 11.3. The maximum absolute atomic E-state index is 13.0. The summed E-state index contributed by atoms with van der Waals surface area (Å²) in [5, 5.41) is 3.76. The normalized spacial score (nSPS) is 12.7. The van der Waals surface area contributed by atoms with Crippen LogP contribution in [0.15, 0.2) is 41.3 Å². The summed E-state index contributed by atoms with van der Waals surface area (Å²) >= 11 is 12.1. The predicted molar refractivity (Wildman–Crippen MR) is 115 cm³/mol. The van der Waals surface area contributed by atoms with Gasteiger partial charge in [-0.2, -0.15) is 4.31 Å².